The summed E-state index contributed by atoms with van der Waals surface area (Å²) >= 11 is 0. The number of fused-ring (bicyclic) bond motifs is 1. The second kappa shape index (κ2) is 7.26. The van der Waals surface area contributed by atoms with E-state index in [-0.39, 0.29) is 24.2 Å². The number of halogens is 1. The van der Waals surface area contributed by atoms with E-state index in [1.165, 1.54) is 13.0 Å². The van der Waals surface area contributed by atoms with E-state index in [2.05, 4.69) is 10.5 Å². The normalized spacial score (nSPS) is 13.1. The van der Waals surface area contributed by atoms with Crippen LogP contribution in [0.4, 0.5) is 14.9 Å². The topological polar surface area (TPSA) is 75.4 Å². The maximum absolute atomic E-state index is 14.2. The highest BCUT2D eigenvalue weighted by Gasteiger charge is 2.28. The van der Waals surface area contributed by atoms with E-state index in [4.69, 9.17) is 4.52 Å². The lowest BCUT2D eigenvalue weighted by Crippen LogP contribution is -2.38. The van der Waals surface area contributed by atoms with Gasteiger partial charge in [0.25, 0.3) is 0 Å². The van der Waals surface area contributed by atoms with Gasteiger partial charge in [-0.2, -0.15) is 0 Å². The second-order valence-electron chi connectivity index (χ2n) is 6.65. The molecule has 7 heteroatoms. The van der Waals surface area contributed by atoms with Crippen molar-refractivity contribution in [1.29, 1.82) is 0 Å². The molecule has 1 aliphatic rings. The summed E-state index contributed by atoms with van der Waals surface area (Å²) in [7, 11) is 0. The third kappa shape index (κ3) is 3.38. The van der Waals surface area contributed by atoms with Crippen LogP contribution in [0.15, 0.2) is 53.1 Å². The molecule has 0 saturated carbocycles. The largest absolute Gasteiger partial charge is 0.360 e. The molecule has 28 heavy (non-hydrogen) atoms. The number of aromatic nitrogens is 1. The number of nitrogens with one attached hydrogen (secondary N) is 1. The Morgan fingerprint density at radius 1 is 1.14 bits per heavy atom. The molecule has 2 amide bonds. The molecule has 0 fully saturated rings. The summed E-state index contributed by atoms with van der Waals surface area (Å²) in [6.07, 6.45) is 0.507. The average Bonchev–Trinajstić information content (AvgIpc) is 3.12. The Hall–Kier alpha value is -3.48. The van der Waals surface area contributed by atoms with Crippen LogP contribution in [0, 0.1) is 5.82 Å². The zero-order chi connectivity index (χ0) is 19.7. The lowest BCUT2D eigenvalue weighted by atomic mass is 10.0. The lowest BCUT2D eigenvalue weighted by Gasteiger charge is -2.26. The van der Waals surface area contributed by atoms with Crippen LogP contribution in [-0.2, 0) is 13.0 Å². The van der Waals surface area contributed by atoms with Gasteiger partial charge in [0.15, 0.2) is 5.78 Å². The summed E-state index contributed by atoms with van der Waals surface area (Å²) in [4.78, 5) is 25.6. The van der Waals surface area contributed by atoms with Crippen molar-refractivity contribution in [3.05, 3.63) is 71.2 Å². The van der Waals surface area contributed by atoms with E-state index in [0.717, 1.165) is 5.56 Å². The highest BCUT2D eigenvalue weighted by atomic mass is 19.1. The number of amides is 2. The molecular weight excluding hydrogens is 361 g/mol. The SMILES string of the molecule is CC(=O)c1ccc(NC(=O)N2CCc3onc(-c4ccccc4F)c3C2)cc1. The fourth-order valence-corrected chi connectivity index (χ4v) is 3.24. The first-order chi connectivity index (χ1) is 13.5. The van der Waals surface area contributed by atoms with Crippen molar-refractivity contribution in [3.63, 3.8) is 0 Å². The molecule has 0 bridgehead atoms. The smallest absolute Gasteiger partial charge is 0.322 e. The van der Waals surface area contributed by atoms with Crippen LogP contribution in [0.5, 0.6) is 0 Å². The van der Waals surface area contributed by atoms with Crippen LogP contribution in [0.25, 0.3) is 11.3 Å². The molecular formula is C21H18FN3O3. The number of carbonyl (C=O) groups excluding carboxylic acids is 2. The van der Waals surface area contributed by atoms with Crippen LogP contribution in [0.1, 0.15) is 28.6 Å². The quantitative estimate of drug-likeness (QED) is 0.690. The number of anilines is 1. The van der Waals surface area contributed by atoms with Crippen molar-refractivity contribution in [2.75, 3.05) is 11.9 Å². The summed E-state index contributed by atoms with van der Waals surface area (Å²) in [5.74, 6) is 0.258. The van der Waals surface area contributed by atoms with E-state index >= 15 is 0 Å². The van der Waals surface area contributed by atoms with Crippen molar-refractivity contribution in [2.24, 2.45) is 0 Å². The van der Waals surface area contributed by atoms with Gasteiger partial charge in [-0.15, -0.1) is 0 Å². The number of Topliss-reactive ketones (excluding diaryl/α,β-unsaturated/α-hetero) is 1. The fourth-order valence-electron chi connectivity index (χ4n) is 3.24. The Morgan fingerprint density at radius 2 is 1.89 bits per heavy atom. The van der Waals surface area contributed by atoms with Crippen molar-refractivity contribution in [1.82, 2.24) is 10.1 Å². The monoisotopic (exact) mass is 379 g/mol. The van der Waals surface area contributed by atoms with Crippen LogP contribution in [0.3, 0.4) is 0 Å². The molecule has 2 aromatic carbocycles. The molecule has 0 unspecified atom stereocenters. The molecule has 0 spiro atoms. The zero-order valence-corrected chi connectivity index (χ0v) is 15.2. The van der Waals surface area contributed by atoms with Crippen molar-refractivity contribution < 1.29 is 18.5 Å². The third-order valence-corrected chi connectivity index (χ3v) is 4.79. The predicted octanol–water partition coefficient (Wildman–Crippen LogP) is 4.27. The van der Waals surface area contributed by atoms with E-state index in [1.54, 1.807) is 47.4 Å². The Bertz CT molecular complexity index is 1040. The molecule has 1 N–H and O–H groups in total. The molecule has 0 atom stereocenters. The second-order valence-corrected chi connectivity index (χ2v) is 6.65. The van der Waals surface area contributed by atoms with Gasteiger partial charge in [-0.25, -0.2) is 9.18 Å². The first kappa shape index (κ1) is 17.9. The summed E-state index contributed by atoms with van der Waals surface area (Å²) in [5.41, 5.74) is 2.68. The van der Waals surface area contributed by atoms with E-state index in [1.807, 2.05) is 0 Å². The number of ketones is 1. The average molecular weight is 379 g/mol. The minimum Gasteiger partial charge on any atom is -0.360 e. The van der Waals surface area contributed by atoms with Crippen LogP contribution < -0.4 is 5.32 Å². The van der Waals surface area contributed by atoms with Gasteiger partial charge in [0, 0.05) is 35.3 Å². The van der Waals surface area contributed by atoms with Crippen LogP contribution >= 0.6 is 0 Å². The summed E-state index contributed by atoms with van der Waals surface area (Å²) in [6.45, 7) is 2.24. The Morgan fingerprint density at radius 3 is 2.61 bits per heavy atom. The minimum atomic E-state index is -0.384. The van der Waals surface area contributed by atoms with Crippen molar-refractivity contribution >= 4 is 17.5 Å². The van der Waals surface area contributed by atoms with Crippen molar-refractivity contribution in [2.45, 2.75) is 19.9 Å². The number of hydrogen-bond acceptors (Lipinski definition) is 4. The maximum atomic E-state index is 14.2. The molecule has 0 aliphatic carbocycles. The van der Waals surface area contributed by atoms with Gasteiger partial charge in [0.05, 0.1) is 6.54 Å². The molecule has 1 aromatic heterocycles. The van der Waals surface area contributed by atoms with Gasteiger partial charge < -0.3 is 14.7 Å². The number of nitrogens with zero attached hydrogens (tertiary/aromatic N) is 2. The molecule has 142 valence electrons. The number of rotatable bonds is 3. The Balaban J connectivity index is 1.52. The van der Waals surface area contributed by atoms with Gasteiger partial charge in [0.1, 0.15) is 17.3 Å². The van der Waals surface area contributed by atoms with Crippen LogP contribution in [-0.4, -0.2) is 28.4 Å². The highest BCUT2D eigenvalue weighted by molar-refractivity contribution is 5.95. The number of hydrogen-bond donors (Lipinski definition) is 1. The molecule has 1 aliphatic heterocycles. The summed E-state index contributed by atoms with van der Waals surface area (Å²) in [6, 6.07) is 12.8. The molecule has 3 aromatic rings. The molecule has 4 rings (SSSR count). The Labute approximate surface area is 160 Å². The predicted molar refractivity (Wildman–Crippen MR) is 101 cm³/mol. The molecule has 6 nitrogen and oxygen atoms in total. The zero-order valence-electron chi connectivity index (χ0n) is 15.2. The van der Waals surface area contributed by atoms with Crippen LogP contribution in [0.2, 0.25) is 0 Å². The van der Waals surface area contributed by atoms with E-state index < -0.39 is 0 Å². The van der Waals surface area contributed by atoms with Gasteiger partial charge in [-0.3, -0.25) is 4.79 Å². The molecule has 0 saturated heterocycles. The van der Waals surface area contributed by atoms with E-state index in [9.17, 15) is 14.0 Å². The molecule has 0 radical (unpaired) electrons. The number of carbonyl (C=O) groups is 2. The minimum absolute atomic E-state index is 0.0328. The summed E-state index contributed by atoms with van der Waals surface area (Å²) in [5, 5.41) is 6.85. The first-order valence-electron chi connectivity index (χ1n) is 8.92. The first-order valence-corrected chi connectivity index (χ1v) is 8.92. The molecule has 2 heterocycles. The maximum Gasteiger partial charge on any atom is 0.322 e. The number of benzene rings is 2. The van der Waals surface area contributed by atoms with Crippen molar-refractivity contribution in [3.8, 4) is 11.3 Å². The summed E-state index contributed by atoms with van der Waals surface area (Å²) < 4.78 is 19.5. The number of urea groups is 1. The van der Waals surface area contributed by atoms with Gasteiger partial charge in [0.2, 0.25) is 0 Å². The highest BCUT2D eigenvalue weighted by Crippen LogP contribution is 2.31. The van der Waals surface area contributed by atoms with Gasteiger partial charge in [-0.05, 0) is 43.3 Å². The lowest BCUT2D eigenvalue weighted by molar-refractivity contribution is 0.101. The third-order valence-electron chi connectivity index (χ3n) is 4.79. The standard InChI is InChI=1S/C21H18FN3O3/c1-13(26)14-6-8-15(9-7-14)23-21(27)25-11-10-19-17(12-25)20(24-28-19)16-4-2-3-5-18(16)22/h2-9H,10-12H2,1H3,(H,23,27). The Kier molecular flexibility index (Phi) is 4.65. The van der Waals surface area contributed by atoms with Gasteiger partial charge in [-0.1, -0.05) is 17.3 Å². The fraction of sp³-hybridized carbons (Fsp3) is 0.190. The van der Waals surface area contributed by atoms with E-state index in [0.29, 0.717) is 41.2 Å². The van der Waals surface area contributed by atoms with Gasteiger partial charge >= 0.3 is 6.03 Å².